The molecule has 0 fully saturated rings. The van der Waals surface area contributed by atoms with E-state index in [2.05, 4.69) is 5.32 Å². The fourth-order valence-corrected chi connectivity index (χ4v) is 1.96. The van der Waals surface area contributed by atoms with Gasteiger partial charge in [0.1, 0.15) is 11.5 Å². The molecular formula is C17H20FNO2. The standard InChI is InChI=1S/C17H20FNO2/c1-4-20-14-6-5-7-15(11-14)21-17-9-8-13(10-16(17)18)12(2)19-3/h5-12,19H,4H2,1-3H3. The zero-order valence-electron chi connectivity index (χ0n) is 12.5. The molecule has 0 bridgehead atoms. The van der Waals surface area contributed by atoms with Crippen LogP contribution in [-0.2, 0) is 0 Å². The summed E-state index contributed by atoms with van der Waals surface area (Å²) in [5, 5.41) is 3.08. The van der Waals surface area contributed by atoms with Gasteiger partial charge in [-0.25, -0.2) is 4.39 Å². The number of rotatable bonds is 6. The van der Waals surface area contributed by atoms with E-state index < -0.39 is 0 Å². The molecule has 1 unspecified atom stereocenters. The maximum atomic E-state index is 14.1. The monoisotopic (exact) mass is 289 g/mol. The molecule has 0 spiro atoms. The molecule has 2 aromatic rings. The molecule has 112 valence electrons. The Hall–Kier alpha value is -2.07. The number of nitrogens with one attached hydrogen (secondary N) is 1. The summed E-state index contributed by atoms with van der Waals surface area (Å²) in [7, 11) is 1.84. The molecule has 0 aliphatic heterocycles. The second kappa shape index (κ2) is 7.09. The second-order valence-corrected chi connectivity index (χ2v) is 4.71. The lowest BCUT2D eigenvalue weighted by atomic mass is 10.1. The molecule has 0 radical (unpaired) electrons. The number of hydrogen-bond donors (Lipinski definition) is 1. The summed E-state index contributed by atoms with van der Waals surface area (Å²) >= 11 is 0. The van der Waals surface area contributed by atoms with Gasteiger partial charge in [-0.05, 0) is 50.7 Å². The fraction of sp³-hybridized carbons (Fsp3) is 0.294. The number of benzene rings is 2. The lowest BCUT2D eigenvalue weighted by molar-refractivity contribution is 0.337. The van der Waals surface area contributed by atoms with E-state index in [9.17, 15) is 4.39 Å². The van der Waals surface area contributed by atoms with Crippen molar-refractivity contribution in [3.05, 3.63) is 53.8 Å². The lowest BCUT2D eigenvalue weighted by Gasteiger charge is -2.13. The number of ether oxygens (including phenoxy) is 2. The molecular weight excluding hydrogens is 269 g/mol. The van der Waals surface area contributed by atoms with Gasteiger partial charge in [-0.2, -0.15) is 0 Å². The van der Waals surface area contributed by atoms with E-state index in [0.29, 0.717) is 18.1 Å². The van der Waals surface area contributed by atoms with Gasteiger partial charge in [-0.3, -0.25) is 0 Å². The van der Waals surface area contributed by atoms with Crippen LogP contribution in [0.5, 0.6) is 17.2 Å². The van der Waals surface area contributed by atoms with Gasteiger partial charge >= 0.3 is 0 Å². The number of hydrogen-bond acceptors (Lipinski definition) is 3. The Balaban J connectivity index is 2.18. The van der Waals surface area contributed by atoms with E-state index in [4.69, 9.17) is 9.47 Å². The van der Waals surface area contributed by atoms with E-state index in [1.54, 1.807) is 18.2 Å². The smallest absolute Gasteiger partial charge is 0.166 e. The first-order chi connectivity index (χ1) is 10.1. The van der Waals surface area contributed by atoms with Crippen LogP contribution in [0.25, 0.3) is 0 Å². The van der Waals surface area contributed by atoms with Crippen LogP contribution in [0.3, 0.4) is 0 Å². The van der Waals surface area contributed by atoms with Gasteiger partial charge in [0.25, 0.3) is 0 Å². The van der Waals surface area contributed by atoms with Crippen molar-refractivity contribution >= 4 is 0 Å². The Labute approximate surface area is 124 Å². The Morgan fingerprint density at radius 2 is 1.90 bits per heavy atom. The van der Waals surface area contributed by atoms with Gasteiger partial charge in [-0.1, -0.05) is 12.1 Å². The summed E-state index contributed by atoms with van der Waals surface area (Å²) in [6.45, 7) is 4.46. The minimum Gasteiger partial charge on any atom is -0.494 e. The quantitative estimate of drug-likeness (QED) is 0.860. The first-order valence-corrected chi connectivity index (χ1v) is 7.01. The van der Waals surface area contributed by atoms with Gasteiger partial charge in [0.2, 0.25) is 0 Å². The summed E-state index contributed by atoms with van der Waals surface area (Å²) in [5.74, 6) is 1.08. The van der Waals surface area contributed by atoms with E-state index in [-0.39, 0.29) is 17.6 Å². The first kappa shape index (κ1) is 15.3. The number of halogens is 1. The SMILES string of the molecule is CCOc1cccc(Oc2ccc(C(C)NC)cc2F)c1. The van der Waals surface area contributed by atoms with Crippen LogP contribution < -0.4 is 14.8 Å². The highest BCUT2D eigenvalue weighted by molar-refractivity contribution is 5.38. The molecule has 0 saturated heterocycles. The Morgan fingerprint density at radius 1 is 1.14 bits per heavy atom. The molecule has 0 saturated carbocycles. The topological polar surface area (TPSA) is 30.5 Å². The van der Waals surface area contributed by atoms with Crippen molar-refractivity contribution in [1.82, 2.24) is 5.32 Å². The van der Waals surface area contributed by atoms with Crippen LogP contribution in [-0.4, -0.2) is 13.7 Å². The third-order valence-corrected chi connectivity index (χ3v) is 3.23. The maximum absolute atomic E-state index is 14.1. The molecule has 0 aromatic heterocycles. The van der Waals surface area contributed by atoms with Gasteiger partial charge in [0.15, 0.2) is 11.6 Å². The van der Waals surface area contributed by atoms with Crippen LogP contribution in [0.4, 0.5) is 4.39 Å². The Kier molecular flexibility index (Phi) is 5.17. The normalized spacial score (nSPS) is 12.0. The van der Waals surface area contributed by atoms with E-state index >= 15 is 0 Å². The van der Waals surface area contributed by atoms with Crippen molar-refractivity contribution in [3.8, 4) is 17.2 Å². The van der Waals surface area contributed by atoms with Crippen molar-refractivity contribution in [3.63, 3.8) is 0 Å². The summed E-state index contributed by atoms with van der Waals surface area (Å²) in [6.07, 6.45) is 0. The third-order valence-electron chi connectivity index (χ3n) is 3.23. The molecule has 0 amide bonds. The van der Waals surface area contributed by atoms with Gasteiger partial charge in [0.05, 0.1) is 6.61 Å². The highest BCUT2D eigenvalue weighted by Crippen LogP contribution is 2.28. The van der Waals surface area contributed by atoms with Gasteiger partial charge in [-0.15, -0.1) is 0 Å². The summed E-state index contributed by atoms with van der Waals surface area (Å²) in [5.41, 5.74) is 0.880. The van der Waals surface area contributed by atoms with Gasteiger partial charge in [0, 0.05) is 12.1 Å². The van der Waals surface area contributed by atoms with Crippen LogP contribution in [0.2, 0.25) is 0 Å². The van der Waals surface area contributed by atoms with Crippen molar-refractivity contribution in [1.29, 1.82) is 0 Å². The maximum Gasteiger partial charge on any atom is 0.166 e. The van der Waals surface area contributed by atoms with E-state index in [1.165, 1.54) is 6.07 Å². The molecule has 1 N–H and O–H groups in total. The third kappa shape index (κ3) is 3.95. The molecule has 21 heavy (non-hydrogen) atoms. The van der Waals surface area contributed by atoms with Crippen molar-refractivity contribution in [2.75, 3.05) is 13.7 Å². The first-order valence-electron chi connectivity index (χ1n) is 7.01. The molecule has 1 atom stereocenters. The average Bonchev–Trinajstić information content (AvgIpc) is 2.49. The van der Waals surface area contributed by atoms with Crippen LogP contribution in [0.1, 0.15) is 25.5 Å². The molecule has 3 nitrogen and oxygen atoms in total. The Morgan fingerprint density at radius 3 is 2.57 bits per heavy atom. The van der Waals surface area contributed by atoms with Crippen LogP contribution in [0.15, 0.2) is 42.5 Å². The zero-order chi connectivity index (χ0) is 15.2. The summed E-state index contributed by atoms with van der Waals surface area (Å²) < 4.78 is 25.1. The minimum atomic E-state index is -0.378. The van der Waals surface area contributed by atoms with Crippen molar-refractivity contribution in [2.24, 2.45) is 0 Å². The van der Waals surface area contributed by atoms with E-state index in [1.807, 2.05) is 39.1 Å². The largest absolute Gasteiger partial charge is 0.494 e. The molecule has 2 rings (SSSR count). The fourth-order valence-electron chi connectivity index (χ4n) is 1.96. The highest BCUT2D eigenvalue weighted by Gasteiger charge is 2.09. The van der Waals surface area contributed by atoms with Crippen LogP contribution >= 0.6 is 0 Å². The summed E-state index contributed by atoms with van der Waals surface area (Å²) in [6, 6.07) is 12.2. The molecule has 0 heterocycles. The molecule has 2 aromatic carbocycles. The van der Waals surface area contributed by atoms with E-state index in [0.717, 1.165) is 5.56 Å². The predicted octanol–water partition coefficient (Wildman–Crippen LogP) is 4.30. The zero-order valence-corrected chi connectivity index (χ0v) is 12.5. The van der Waals surface area contributed by atoms with Crippen LogP contribution in [0, 0.1) is 5.82 Å². The highest BCUT2D eigenvalue weighted by atomic mass is 19.1. The minimum absolute atomic E-state index is 0.0924. The predicted molar refractivity (Wildman–Crippen MR) is 81.6 cm³/mol. The van der Waals surface area contributed by atoms with Crippen molar-refractivity contribution in [2.45, 2.75) is 19.9 Å². The van der Waals surface area contributed by atoms with Crippen molar-refractivity contribution < 1.29 is 13.9 Å². The van der Waals surface area contributed by atoms with Gasteiger partial charge < -0.3 is 14.8 Å². The summed E-state index contributed by atoms with van der Waals surface area (Å²) in [4.78, 5) is 0. The second-order valence-electron chi connectivity index (χ2n) is 4.71. The molecule has 0 aliphatic carbocycles. The lowest BCUT2D eigenvalue weighted by Crippen LogP contribution is -2.12. The Bertz CT molecular complexity index is 601. The molecule has 0 aliphatic rings. The molecule has 4 heteroatoms. The average molecular weight is 289 g/mol.